The van der Waals surface area contributed by atoms with Gasteiger partial charge in [0.25, 0.3) is 11.7 Å². The summed E-state index contributed by atoms with van der Waals surface area (Å²) >= 11 is 0. The lowest BCUT2D eigenvalue weighted by atomic mass is 10.1. The molecule has 8 heteroatoms. The molecule has 1 saturated heterocycles. The Morgan fingerprint density at radius 1 is 1.08 bits per heavy atom. The molecule has 3 heterocycles. The molecule has 1 fully saturated rings. The van der Waals surface area contributed by atoms with Crippen molar-refractivity contribution in [3.63, 3.8) is 0 Å². The molecule has 1 aliphatic heterocycles. The summed E-state index contributed by atoms with van der Waals surface area (Å²) in [7, 11) is 0. The number of piperazine rings is 1. The SMILES string of the molecule is Cc1cc(N2CCN(C(=O)c3cccc(F)c3)CC2)nc2nnc(C)n12. The Hall–Kier alpha value is -3.03. The van der Waals surface area contributed by atoms with E-state index in [1.54, 1.807) is 17.0 Å². The lowest BCUT2D eigenvalue weighted by molar-refractivity contribution is 0.0746. The molecular weight excluding hydrogens is 335 g/mol. The highest BCUT2D eigenvalue weighted by molar-refractivity contribution is 5.94. The normalized spacial score (nSPS) is 14.9. The molecule has 0 unspecified atom stereocenters. The van der Waals surface area contributed by atoms with Crippen molar-refractivity contribution in [2.24, 2.45) is 0 Å². The van der Waals surface area contributed by atoms with Crippen molar-refractivity contribution in [3.8, 4) is 0 Å². The van der Waals surface area contributed by atoms with Crippen LogP contribution in [0, 0.1) is 19.7 Å². The smallest absolute Gasteiger partial charge is 0.257 e. The Balaban J connectivity index is 1.49. The first-order valence-corrected chi connectivity index (χ1v) is 8.52. The van der Waals surface area contributed by atoms with Crippen molar-refractivity contribution < 1.29 is 9.18 Å². The second-order valence-corrected chi connectivity index (χ2v) is 6.43. The Morgan fingerprint density at radius 3 is 2.58 bits per heavy atom. The summed E-state index contributed by atoms with van der Waals surface area (Å²) in [5.74, 6) is 1.68. The first-order valence-electron chi connectivity index (χ1n) is 8.52. The van der Waals surface area contributed by atoms with Crippen LogP contribution in [-0.4, -0.2) is 56.6 Å². The van der Waals surface area contributed by atoms with Gasteiger partial charge in [-0.25, -0.2) is 4.39 Å². The predicted octanol–water partition coefficient (Wildman–Crippen LogP) is 1.84. The molecule has 0 aliphatic carbocycles. The number of amides is 1. The quantitative estimate of drug-likeness (QED) is 0.703. The van der Waals surface area contributed by atoms with Gasteiger partial charge in [-0.15, -0.1) is 10.2 Å². The van der Waals surface area contributed by atoms with E-state index in [-0.39, 0.29) is 5.91 Å². The molecule has 4 rings (SSSR count). The maximum absolute atomic E-state index is 13.3. The number of carbonyl (C=O) groups is 1. The van der Waals surface area contributed by atoms with Gasteiger partial charge in [-0.1, -0.05) is 6.07 Å². The molecule has 0 atom stereocenters. The third-order valence-electron chi connectivity index (χ3n) is 4.68. The van der Waals surface area contributed by atoms with E-state index in [4.69, 9.17) is 0 Å². The van der Waals surface area contributed by atoms with Crippen molar-refractivity contribution >= 4 is 17.5 Å². The van der Waals surface area contributed by atoms with Crippen LogP contribution in [-0.2, 0) is 0 Å². The van der Waals surface area contributed by atoms with Crippen LogP contribution in [0.25, 0.3) is 5.78 Å². The number of fused-ring (bicyclic) bond motifs is 1. The Kier molecular flexibility index (Phi) is 4.02. The number of rotatable bonds is 2. The minimum Gasteiger partial charge on any atom is -0.353 e. The van der Waals surface area contributed by atoms with Crippen LogP contribution in [0.15, 0.2) is 30.3 Å². The molecule has 1 amide bonds. The number of aryl methyl sites for hydroxylation is 2. The number of halogens is 1. The first kappa shape index (κ1) is 16.4. The van der Waals surface area contributed by atoms with Crippen LogP contribution >= 0.6 is 0 Å². The van der Waals surface area contributed by atoms with E-state index in [0.29, 0.717) is 37.5 Å². The largest absolute Gasteiger partial charge is 0.353 e. The van der Waals surface area contributed by atoms with Crippen molar-refractivity contribution in [2.75, 3.05) is 31.1 Å². The monoisotopic (exact) mass is 354 g/mol. The van der Waals surface area contributed by atoms with Gasteiger partial charge in [0.15, 0.2) is 0 Å². The van der Waals surface area contributed by atoms with Crippen molar-refractivity contribution in [3.05, 3.63) is 53.2 Å². The van der Waals surface area contributed by atoms with Crippen LogP contribution in [0.4, 0.5) is 10.2 Å². The second kappa shape index (κ2) is 6.36. The standard InChI is InChI=1S/C18H19FN6O/c1-12-10-16(20-18-22-21-13(2)25(12)18)23-6-8-24(9-7-23)17(26)14-4-3-5-15(19)11-14/h3-5,10-11H,6-9H2,1-2H3. The number of anilines is 1. The molecule has 0 N–H and O–H groups in total. The van der Waals surface area contributed by atoms with Gasteiger partial charge < -0.3 is 9.80 Å². The Labute approximate surface area is 150 Å². The number of hydrogen-bond donors (Lipinski definition) is 0. The molecule has 0 bridgehead atoms. The summed E-state index contributed by atoms with van der Waals surface area (Å²) in [6.07, 6.45) is 0. The van der Waals surface area contributed by atoms with Crippen molar-refractivity contribution in [1.82, 2.24) is 24.5 Å². The minimum absolute atomic E-state index is 0.142. The number of carbonyl (C=O) groups excluding carboxylic acids is 1. The van der Waals surface area contributed by atoms with E-state index in [1.807, 2.05) is 24.3 Å². The van der Waals surface area contributed by atoms with E-state index in [0.717, 1.165) is 17.3 Å². The number of nitrogens with zero attached hydrogens (tertiary/aromatic N) is 6. The van der Waals surface area contributed by atoms with E-state index >= 15 is 0 Å². The number of hydrogen-bond acceptors (Lipinski definition) is 5. The van der Waals surface area contributed by atoms with E-state index in [9.17, 15) is 9.18 Å². The molecule has 0 radical (unpaired) electrons. The zero-order chi connectivity index (χ0) is 18.3. The molecule has 3 aromatic rings. The van der Waals surface area contributed by atoms with Gasteiger partial charge >= 0.3 is 0 Å². The summed E-state index contributed by atoms with van der Waals surface area (Å²) in [5, 5.41) is 8.17. The van der Waals surface area contributed by atoms with Crippen molar-refractivity contribution in [2.45, 2.75) is 13.8 Å². The zero-order valence-corrected chi connectivity index (χ0v) is 14.7. The van der Waals surface area contributed by atoms with E-state index in [2.05, 4.69) is 20.1 Å². The molecule has 134 valence electrons. The summed E-state index contributed by atoms with van der Waals surface area (Å²) in [4.78, 5) is 21.0. The lowest BCUT2D eigenvalue weighted by Crippen LogP contribution is -2.49. The Bertz CT molecular complexity index is 977. The number of aromatic nitrogens is 4. The molecule has 26 heavy (non-hydrogen) atoms. The van der Waals surface area contributed by atoms with Gasteiger partial charge in [-0.2, -0.15) is 4.98 Å². The van der Waals surface area contributed by atoms with Gasteiger partial charge in [0.05, 0.1) is 0 Å². The molecule has 7 nitrogen and oxygen atoms in total. The fourth-order valence-electron chi connectivity index (χ4n) is 3.33. The third-order valence-corrected chi connectivity index (χ3v) is 4.68. The van der Waals surface area contributed by atoms with Crippen LogP contribution in [0.1, 0.15) is 21.9 Å². The van der Waals surface area contributed by atoms with Gasteiger partial charge in [0.2, 0.25) is 0 Å². The molecule has 0 saturated carbocycles. The van der Waals surface area contributed by atoms with E-state index in [1.165, 1.54) is 12.1 Å². The van der Waals surface area contributed by atoms with Gasteiger partial charge in [-0.05, 0) is 32.0 Å². The molecule has 1 aromatic carbocycles. The van der Waals surface area contributed by atoms with Crippen LogP contribution in [0.2, 0.25) is 0 Å². The highest BCUT2D eigenvalue weighted by Crippen LogP contribution is 2.18. The summed E-state index contributed by atoms with van der Waals surface area (Å²) < 4.78 is 15.3. The van der Waals surface area contributed by atoms with Crippen molar-refractivity contribution in [1.29, 1.82) is 0 Å². The highest BCUT2D eigenvalue weighted by Gasteiger charge is 2.24. The average Bonchev–Trinajstić information content (AvgIpc) is 3.03. The molecule has 1 aliphatic rings. The maximum atomic E-state index is 13.3. The van der Waals surface area contributed by atoms with Gasteiger partial charge in [0.1, 0.15) is 17.5 Å². The second-order valence-electron chi connectivity index (χ2n) is 6.43. The first-order chi connectivity index (χ1) is 12.5. The maximum Gasteiger partial charge on any atom is 0.257 e. The average molecular weight is 354 g/mol. The van der Waals surface area contributed by atoms with Crippen LogP contribution in [0.3, 0.4) is 0 Å². The molecule has 0 spiro atoms. The zero-order valence-electron chi connectivity index (χ0n) is 14.7. The third kappa shape index (κ3) is 2.87. The minimum atomic E-state index is -0.397. The van der Waals surface area contributed by atoms with Gasteiger partial charge in [-0.3, -0.25) is 9.20 Å². The summed E-state index contributed by atoms with van der Waals surface area (Å²) in [6, 6.07) is 7.82. The molecule has 2 aromatic heterocycles. The fourth-order valence-corrected chi connectivity index (χ4v) is 3.33. The topological polar surface area (TPSA) is 66.6 Å². The molecular formula is C18H19FN6O. The summed E-state index contributed by atoms with van der Waals surface area (Å²) in [6.45, 7) is 6.34. The lowest BCUT2D eigenvalue weighted by Gasteiger charge is -2.35. The van der Waals surface area contributed by atoms with Crippen LogP contribution in [0.5, 0.6) is 0 Å². The number of benzene rings is 1. The van der Waals surface area contributed by atoms with Crippen LogP contribution < -0.4 is 4.90 Å². The van der Waals surface area contributed by atoms with E-state index < -0.39 is 5.82 Å². The Morgan fingerprint density at radius 2 is 1.85 bits per heavy atom. The predicted molar refractivity (Wildman–Crippen MR) is 94.8 cm³/mol. The van der Waals surface area contributed by atoms with Gasteiger partial charge in [0, 0.05) is 43.5 Å². The fraction of sp³-hybridized carbons (Fsp3) is 0.333. The summed E-state index contributed by atoms with van der Waals surface area (Å²) in [5.41, 5.74) is 1.40. The highest BCUT2D eigenvalue weighted by atomic mass is 19.1.